The number of carbonyl (C=O) groups excluding carboxylic acids is 1. The second-order valence-corrected chi connectivity index (χ2v) is 16.3. The molecule has 0 saturated carbocycles. The summed E-state index contributed by atoms with van der Waals surface area (Å²) in [6, 6.07) is 0. The van der Waals surface area contributed by atoms with E-state index in [1.807, 2.05) is 0 Å². The van der Waals surface area contributed by atoms with Crippen LogP contribution in [-0.2, 0) is 38.3 Å². The first kappa shape index (κ1) is 51.9. The van der Waals surface area contributed by atoms with Crippen LogP contribution in [0, 0.1) is 0 Å². The van der Waals surface area contributed by atoms with Gasteiger partial charge in [-0.3, -0.25) is 9.35 Å². The molecule has 0 amide bonds. The Balaban J connectivity index is 2.45. The molecule has 6 atom stereocenters. The van der Waals surface area contributed by atoms with Crippen LogP contribution in [-0.4, -0.2) is 97.5 Å². The van der Waals surface area contributed by atoms with Gasteiger partial charge in [-0.1, -0.05) is 154 Å². The van der Waals surface area contributed by atoms with Crippen molar-refractivity contribution in [2.24, 2.45) is 0 Å². The number of aliphatic hydroxyl groups excluding tert-OH is 3. The zero-order valence-corrected chi connectivity index (χ0v) is 35.3. The highest BCUT2D eigenvalue weighted by Crippen LogP contribution is 2.26. The van der Waals surface area contributed by atoms with Crippen LogP contribution in [0.5, 0.6) is 0 Å². The van der Waals surface area contributed by atoms with Gasteiger partial charge >= 0.3 is 16.4 Å². The van der Waals surface area contributed by atoms with E-state index in [9.17, 15) is 28.5 Å². The summed E-state index contributed by atoms with van der Waals surface area (Å²) in [7, 11) is -5.06. The van der Waals surface area contributed by atoms with E-state index in [1.165, 1.54) is 103 Å². The minimum Gasteiger partial charge on any atom is -0.457 e. The molecule has 55 heavy (non-hydrogen) atoms. The van der Waals surface area contributed by atoms with Crippen LogP contribution >= 0.6 is 0 Å². The Kier molecular flexibility index (Phi) is 32.9. The van der Waals surface area contributed by atoms with Crippen molar-refractivity contribution in [3.05, 3.63) is 12.2 Å². The molecule has 0 aromatic rings. The number of allylic oxidation sites excluding steroid dienone is 2. The fourth-order valence-corrected chi connectivity index (χ4v) is 7.29. The summed E-state index contributed by atoms with van der Waals surface area (Å²) in [6.45, 7) is 3.98. The maximum absolute atomic E-state index is 12.8. The van der Waals surface area contributed by atoms with Crippen LogP contribution in [0.1, 0.15) is 187 Å². The van der Waals surface area contributed by atoms with E-state index in [0.29, 0.717) is 13.0 Å². The Bertz CT molecular complexity index is 1030. The molecule has 13 heteroatoms. The van der Waals surface area contributed by atoms with Gasteiger partial charge in [-0.25, -0.2) is 4.18 Å². The van der Waals surface area contributed by atoms with Gasteiger partial charge in [-0.15, -0.1) is 0 Å². The Labute approximate surface area is 334 Å². The van der Waals surface area contributed by atoms with Crippen LogP contribution in [0.4, 0.5) is 0 Å². The van der Waals surface area contributed by atoms with Crippen molar-refractivity contribution in [1.29, 1.82) is 0 Å². The Morgan fingerprint density at radius 2 is 1.15 bits per heavy atom. The van der Waals surface area contributed by atoms with Crippen molar-refractivity contribution >= 4 is 16.4 Å². The lowest BCUT2D eigenvalue weighted by molar-refractivity contribution is -0.301. The van der Waals surface area contributed by atoms with Gasteiger partial charge in [0.25, 0.3) is 0 Å². The first-order valence-corrected chi connectivity index (χ1v) is 23.3. The molecule has 1 aliphatic rings. The van der Waals surface area contributed by atoms with E-state index in [-0.39, 0.29) is 19.6 Å². The minimum atomic E-state index is -5.06. The summed E-state index contributed by atoms with van der Waals surface area (Å²) >= 11 is 0. The fourth-order valence-electron chi connectivity index (χ4n) is 6.78. The van der Waals surface area contributed by atoms with Crippen molar-refractivity contribution in [3.63, 3.8) is 0 Å². The van der Waals surface area contributed by atoms with Gasteiger partial charge in [0, 0.05) is 13.0 Å². The van der Waals surface area contributed by atoms with Crippen molar-refractivity contribution in [2.75, 3.05) is 26.4 Å². The number of carbonyl (C=O) groups is 1. The molecule has 4 N–H and O–H groups in total. The molecule has 12 nitrogen and oxygen atoms in total. The largest absolute Gasteiger partial charge is 0.457 e. The Morgan fingerprint density at radius 3 is 1.64 bits per heavy atom. The summed E-state index contributed by atoms with van der Waals surface area (Å²) in [6.07, 6.45) is 26.7. The second-order valence-electron chi connectivity index (χ2n) is 15.3. The van der Waals surface area contributed by atoms with Crippen LogP contribution in [0.25, 0.3) is 0 Å². The third-order valence-corrected chi connectivity index (χ3v) is 10.6. The molecule has 0 aromatic carbocycles. The summed E-state index contributed by atoms with van der Waals surface area (Å²) in [4.78, 5) is 12.8. The van der Waals surface area contributed by atoms with Gasteiger partial charge < -0.3 is 34.3 Å². The van der Waals surface area contributed by atoms with Gasteiger partial charge in [-0.05, 0) is 38.5 Å². The van der Waals surface area contributed by atoms with Crippen molar-refractivity contribution < 1.29 is 56.2 Å². The summed E-state index contributed by atoms with van der Waals surface area (Å²) in [5.74, 6) is -0.406. The molecule has 1 fully saturated rings. The summed E-state index contributed by atoms with van der Waals surface area (Å²) in [5, 5.41) is 30.6. The van der Waals surface area contributed by atoms with Crippen LogP contribution in [0.2, 0.25) is 0 Å². The molecule has 6 unspecified atom stereocenters. The minimum absolute atomic E-state index is 0.0380. The van der Waals surface area contributed by atoms with Gasteiger partial charge in [0.2, 0.25) is 0 Å². The smallest absolute Gasteiger partial charge is 0.397 e. The summed E-state index contributed by atoms with van der Waals surface area (Å²) in [5.41, 5.74) is 0. The van der Waals surface area contributed by atoms with Crippen LogP contribution in [0.15, 0.2) is 12.2 Å². The predicted octanol–water partition coefficient (Wildman–Crippen LogP) is 8.69. The molecule has 0 bridgehead atoms. The molecular formula is C42H80O12S. The third kappa shape index (κ3) is 28.8. The second kappa shape index (κ2) is 34.8. The Hall–Kier alpha value is -1.16. The number of rotatable bonds is 38. The Morgan fingerprint density at radius 1 is 0.673 bits per heavy atom. The van der Waals surface area contributed by atoms with Gasteiger partial charge in [0.1, 0.15) is 30.5 Å². The molecule has 0 spiro atoms. The average molecular weight is 809 g/mol. The number of esters is 1. The summed E-state index contributed by atoms with van der Waals surface area (Å²) < 4.78 is 59.0. The van der Waals surface area contributed by atoms with Crippen molar-refractivity contribution in [3.8, 4) is 0 Å². The first-order chi connectivity index (χ1) is 26.6. The average Bonchev–Trinajstić information content (AvgIpc) is 3.15. The SMILES string of the molecule is CCCCCCC/C=C\CCCCCCCC(=O)OC(COCCCCCCCCCCCCCCCC)COC1OC(CO)C(O)C(OS(=O)(=O)O)C1O. The maximum Gasteiger partial charge on any atom is 0.397 e. The molecule has 1 aliphatic heterocycles. The quantitative estimate of drug-likeness (QED) is 0.0202. The van der Waals surface area contributed by atoms with E-state index in [1.54, 1.807) is 0 Å². The third-order valence-electron chi connectivity index (χ3n) is 10.1. The predicted molar refractivity (Wildman–Crippen MR) is 216 cm³/mol. The molecule has 1 heterocycles. The molecular weight excluding hydrogens is 729 g/mol. The molecule has 0 radical (unpaired) electrons. The lowest BCUT2D eigenvalue weighted by atomic mass is 9.99. The van der Waals surface area contributed by atoms with Crippen LogP contribution in [0.3, 0.4) is 0 Å². The lowest BCUT2D eigenvalue weighted by Gasteiger charge is -2.41. The normalized spacial score (nSPS) is 21.0. The number of hydrogen-bond donors (Lipinski definition) is 4. The molecule has 0 aromatic heterocycles. The zero-order valence-electron chi connectivity index (χ0n) is 34.5. The standard InChI is InChI=1S/C42H80O12S/c1-3-5-7-9-11-13-15-17-19-21-23-25-27-29-31-38(44)52-36(34-50-32-30-28-26-24-22-20-18-16-14-12-10-8-6-4-2)35-51-42-40(46)41(54-55(47,48)49)39(45)37(33-43)53-42/h15,17,36-37,39-43,45-46H,3-14,16,18-35H2,1-2H3,(H,47,48,49)/b17-15-. The molecule has 1 saturated heterocycles. The van der Waals surface area contributed by atoms with E-state index < -0.39 is 59.8 Å². The van der Waals surface area contributed by atoms with Crippen molar-refractivity contribution in [2.45, 2.75) is 224 Å². The first-order valence-electron chi connectivity index (χ1n) is 21.9. The van der Waals surface area contributed by atoms with E-state index >= 15 is 0 Å². The van der Waals surface area contributed by atoms with Gasteiger partial charge in [0.15, 0.2) is 6.29 Å². The maximum atomic E-state index is 12.8. The highest BCUT2D eigenvalue weighted by Gasteiger charge is 2.48. The number of ether oxygens (including phenoxy) is 4. The fraction of sp³-hybridized carbons (Fsp3) is 0.929. The van der Waals surface area contributed by atoms with Crippen LogP contribution < -0.4 is 0 Å². The number of unbranched alkanes of at least 4 members (excludes halogenated alkanes) is 23. The van der Waals surface area contributed by atoms with E-state index in [0.717, 1.165) is 57.8 Å². The molecule has 326 valence electrons. The number of aliphatic hydroxyl groups is 3. The lowest BCUT2D eigenvalue weighted by Crippen LogP contribution is -2.60. The topological polar surface area (TPSA) is 178 Å². The van der Waals surface area contributed by atoms with Gasteiger partial charge in [-0.2, -0.15) is 8.42 Å². The number of hydrogen-bond acceptors (Lipinski definition) is 11. The highest BCUT2D eigenvalue weighted by atomic mass is 32.3. The zero-order chi connectivity index (χ0) is 40.4. The molecule has 1 rings (SSSR count). The van der Waals surface area contributed by atoms with E-state index in [2.05, 4.69) is 30.2 Å². The van der Waals surface area contributed by atoms with Gasteiger partial charge in [0.05, 0.1) is 19.8 Å². The highest BCUT2D eigenvalue weighted by molar-refractivity contribution is 7.80. The van der Waals surface area contributed by atoms with E-state index in [4.69, 9.17) is 23.5 Å². The van der Waals surface area contributed by atoms with Crippen molar-refractivity contribution in [1.82, 2.24) is 0 Å². The monoisotopic (exact) mass is 809 g/mol. The molecule has 0 aliphatic carbocycles.